The third-order valence-corrected chi connectivity index (χ3v) is 5.43. The molecular formula is C22H38O5. The van der Waals surface area contributed by atoms with Crippen molar-refractivity contribution in [3.8, 4) is 0 Å². The molecule has 1 aliphatic carbocycles. The molecule has 0 amide bonds. The normalized spacial score (nSPS) is 28.1. The Morgan fingerprint density at radius 2 is 1.93 bits per heavy atom. The maximum atomic E-state index is 11.1. The number of aliphatic hydroxyl groups excluding tert-OH is 2. The number of carbonyl (C=O) groups is 1. The van der Waals surface area contributed by atoms with Gasteiger partial charge in [0.05, 0.1) is 24.9 Å². The minimum Gasteiger partial charge on any atom is -0.469 e. The molecule has 0 unspecified atom stereocenters. The van der Waals surface area contributed by atoms with Crippen LogP contribution in [0.4, 0.5) is 0 Å². The maximum Gasteiger partial charge on any atom is 0.305 e. The van der Waals surface area contributed by atoms with Crippen molar-refractivity contribution in [3.05, 3.63) is 24.3 Å². The molecule has 1 aliphatic rings. The van der Waals surface area contributed by atoms with E-state index in [1.165, 1.54) is 7.11 Å². The molecule has 0 aromatic rings. The monoisotopic (exact) mass is 382 g/mol. The Balaban J connectivity index is 2.54. The number of rotatable bonds is 12. The first-order valence-electron chi connectivity index (χ1n) is 10.3. The summed E-state index contributed by atoms with van der Waals surface area (Å²) in [6.07, 6.45) is 13.4. The number of hydrogen-bond donors (Lipinski definition) is 3. The summed E-state index contributed by atoms with van der Waals surface area (Å²) in [4.78, 5) is 11.1. The zero-order chi connectivity index (χ0) is 20.3. The molecule has 0 aromatic carbocycles. The average molecular weight is 383 g/mol. The van der Waals surface area contributed by atoms with E-state index in [1.54, 1.807) is 13.0 Å². The number of carbonyl (C=O) groups excluding carboxylic acids is 1. The molecule has 3 N–H and O–H groups in total. The summed E-state index contributed by atoms with van der Waals surface area (Å²) in [6, 6.07) is 0. The van der Waals surface area contributed by atoms with Crippen molar-refractivity contribution in [1.82, 2.24) is 0 Å². The van der Waals surface area contributed by atoms with Gasteiger partial charge in [-0.25, -0.2) is 0 Å². The zero-order valence-electron chi connectivity index (χ0n) is 17.1. The summed E-state index contributed by atoms with van der Waals surface area (Å²) in [5, 5.41) is 31.1. The molecule has 1 saturated carbocycles. The van der Waals surface area contributed by atoms with Crippen LogP contribution in [0.25, 0.3) is 0 Å². The summed E-state index contributed by atoms with van der Waals surface area (Å²) in [7, 11) is 1.39. The zero-order valence-corrected chi connectivity index (χ0v) is 17.1. The van der Waals surface area contributed by atoms with Crippen LogP contribution in [-0.2, 0) is 9.53 Å². The largest absolute Gasteiger partial charge is 0.469 e. The minimum atomic E-state index is -0.878. The van der Waals surface area contributed by atoms with E-state index in [0.29, 0.717) is 25.7 Å². The molecule has 0 aliphatic heterocycles. The number of unbranched alkanes of at least 4 members (excludes halogenated alkanes) is 3. The predicted octanol–water partition coefficient (Wildman–Crippen LogP) is 3.52. The third-order valence-electron chi connectivity index (χ3n) is 5.43. The molecule has 0 saturated heterocycles. The molecule has 27 heavy (non-hydrogen) atoms. The van der Waals surface area contributed by atoms with Gasteiger partial charge in [-0.2, -0.15) is 0 Å². The van der Waals surface area contributed by atoms with Crippen LogP contribution in [0.5, 0.6) is 0 Å². The van der Waals surface area contributed by atoms with E-state index in [2.05, 4.69) is 11.7 Å². The van der Waals surface area contributed by atoms with Gasteiger partial charge in [-0.1, -0.05) is 50.5 Å². The van der Waals surface area contributed by atoms with E-state index >= 15 is 0 Å². The Hall–Kier alpha value is -1.17. The number of methoxy groups -OCH3 is 1. The summed E-state index contributed by atoms with van der Waals surface area (Å²) >= 11 is 0. The van der Waals surface area contributed by atoms with Gasteiger partial charge in [0.25, 0.3) is 0 Å². The van der Waals surface area contributed by atoms with Crippen LogP contribution in [0, 0.1) is 11.8 Å². The quantitative estimate of drug-likeness (QED) is 0.273. The van der Waals surface area contributed by atoms with Crippen molar-refractivity contribution in [2.45, 2.75) is 89.4 Å². The fourth-order valence-electron chi connectivity index (χ4n) is 3.68. The van der Waals surface area contributed by atoms with E-state index in [0.717, 1.165) is 32.1 Å². The first-order chi connectivity index (χ1) is 12.8. The van der Waals surface area contributed by atoms with Gasteiger partial charge in [0.15, 0.2) is 0 Å². The topological polar surface area (TPSA) is 87.0 Å². The summed E-state index contributed by atoms with van der Waals surface area (Å²) in [5.74, 6) is -0.411. The Labute approximate surface area is 164 Å². The lowest BCUT2D eigenvalue weighted by Gasteiger charge is -2.23. The van der Waals surface area contributed by atoms with Crippen molar-refractivity contribution in [2.24, 2.45) is 11.8 Å². The second kappa shape index (κ2) is 12.3. The fourth-order valence-corrected chi connectivity index (χ4v) is 3.68. The van der Waals surface area contributed by atoms with E-state index in [1.807, 2.05) is 18.2 Å². The van der Waals surface area contributed by atoms with E-state index < -0.39 is 17.8 Å². The number of allylic oxidation sites excluding steroid dienone is 2. The molecule has 0 heterocycles. The lowest BCUT2D eigenvalue weighted by Crippen LogP contribution is -2.24. The summed E-state index contributed by atoms with van der Waals surface area (Å²) in [6.45, 7) is 3.93. The third kappa shape index (κ3) is 9.04. The Morgan fingerprint density at radius 3 is 2.59 bits per heavy atom. The molecule has 0 bridgehead atoms. The molecule has 0 aromatic heterocycles. The second-order valence-electron chi connectivity index (χ2n) is 7.96. The van der Waals surface area contributed by atoms with Crippen LogP contribution in [0.3, 0.4) is 0 Å². The molecule has 156 valence electrons. The summed E-state index contributed by atoms with van der Waals surface area (Å²) < 4.78 is 4.61. The van der Waals surface area contributed by atoms with Gasteiger partial charge in [-0.3, -0.25) is 4.79 Å². The highest BCUT2D eigenvalue weighted by Gasteiger charge is 2.39. The summed E-state index contributed by atoms with van der Waals surface area (Å²) in [5.41, 5.74) is -0.878. The molecule has 0 spiro atoms. The van der Waals surface area contributed by atoms with E-state index in [4.69, 9.17) is 0 Å². The van der Waals surface area contributed by atoms with E-state index in [9.17, 15) is 20.1 Å². The van der Waals surface area contributed by atoms with Crippen LogP contribution in [0.1, 0.15) is 71.6 Å². The van der Waals surface area contributed by atoms with Gasteiger partial charge >= 0.3 is 5.97 Å². The van der Waals surface area contributed by atoms with E-state index in [-0.39, 0.29) is 17.8 Å². The molecule has 5 heteroatoms. The van der Waals surface area contributed by atoms with Gasteiger partial charge in [0.1, 0.15) is 0 Å². The van der Waals surface area contributed by atoms with Crippen LogP contribution >= 0.6 is 0 Å². The van der Waals surface area contributed by atoms with Crippen molar-refractivity contribution in [3.63, 3.8) is 0 Å². The highest BCUT2D eigenvalue weighted by Crippen LogP contribution is 2.37. The first-order valence-corrected chi connectivity index (χ1v) is 10.3. The first kappa shape index (κ1) is 23.9. The smallest absolute Gasteiger partial charge is 0.305 e. The van der Waals surface area contributed by atoms with Gasteiger partial charge in [0.2, 0.25) is 0 Å². The number of hydrogen-bond acceptors (Lipinski definition) is 5. The van der Waals surface area contributed by atoms with Crippen molar-refractivity contribution < 1.29 is 24.9 Å². The lowest BCUT2D eigenvalue weighted by atomic mass is 9.88. The van der Waals surface area contributed by atoms with Gasteiger partial charge < -0.3 is 20.1 Å². The number of ether oxygens (including phenoxy) is 1. The maximum absolute atomic E-state index is 11.1. The number of esters is 1. The van der Waals surface area contributed by atoms with Crippen molar-refractivity contribution >= 4 is 5.97 Å². The van der Waals surface area contributed by atoms with Crippen LogP contribution in [0.15, 0.2) is 24.3 Å². The van der Waals surface area contributed by atoms with Gasteiger partial charge in [0, 0.05) is 18.8 Å². The van der Waals surface area contributed by atoms with Crippen molar-refractivity contribution in [2.75, 3.05) is 7.11 Å². The predicted molar refractivity (Wildman–Crippen MR) is 107 cm³/mol. The molecular weight excluding hydrogens is 344 g/mol. The lowest BCUT2D eigenvalue weighted by molar-refractivity contribution is -0.140. The SMILES string of the molecule is CCCCC[C@](C)(O)/C=C/[C@H]1[C@H](C/C=C\CCCC(=O)OC)[C@@H](O)C[C@H]1O. The van der Waals surface area contributed by atoms with Crippen LogP contribution < -0.4 is 0 Å². The highest BCUT2D eigenvalue weighted by atomic mass is 16.5. The molecule has 5 nitrogen and oxygen atoms in total. The second-order valence-corrected chi connectivity index (χ2v) is 7.96. The fraction of sp³-hybridized carbons (Fsp3) is 0.773. The molecule has 5 atom stereocenters. The van der Waals surface area contributed by atoms with Gasteiger partial charge in [-0.05, 0) is 38.5 Å². The van der Waals surface area contributed by atoms with Crippen LogP contribution in [0.2, 0.25) is 0 Å². The molecule has 0 radical (unpaired) electrons. The van der Waals surface area contributed by atoms with Gasteiger partial charge in [-0.15, -0.1) is 0 Å². The Kier molecular flexibility index (Phi) is 10.9. The minimum absolute atomic E-state index is 0.0560. The Bertz CT molecular complexity index is 483. The Morgan fingerprint density at radius 1 is 1.19 bits per heavy atom. The molecule has 1 fully saturated rings. The average Bonchev–Trinajstić information content (AvgIpc) is 2.89. The van der Waals surface area contributed by atoms with Crippen LogP contribution in [-0.4, -0.2) is 46.2 Å². The van der Waals surface area contributed by atoms with Crippen molar-refractivity contribution in [1.29, 1.82) is 0 Å². The standard InChI is InChI=1S/C22H38O5/c1-4-5-10-14-22(2,26)15-13-18-17(19(23)16-20(18)24)11-8-6-7-9-12-21(25)27-3/h6,8,13,15,17-20,23-24,26H,4-5,7,9-12,14,16H2,1-3H3/b8-6-,15-13+/t17-,18-,19-,20+,22-/m0/s1. The highest BCUT2D eigenvalue weighted by molar-refractivity contribution is 5.69. The molecule has 1 rings (SSSR count). The number of aliphatic hydroxyl groups is 3.